The Kier molecular flexibility index (Phi) is 4.11. The summed E-state index contributed by atoms with van der Waals surface area (Å²) in [5, 5.41) is 0. The number of hydrogen-bond donors (Lipinski definition) is 0. The molecule has 0 bridgehead atoms. The Balaban J connectivity index is 0.000000490. The van der Waals surface area contributed by atoms with Crippen LogP contribution in [-0.4, -0.2) is 4.98 Å². The SMILES string of the molecule is [CH2-]c1ccccn1.[Y]. The Bertz CT molecular complexity index is 138. The average Bonchev–Trinajstić information content (AvgIpc) is 1.69. The fraction of sp³-hybridized carbons (Fsp3) is 0. The Morgan fingerprint density at radius 1 is 1.38 bits per heavy atom. The largest absolute Gasteiger partial charge is 0.296 e. The van der Waals surface area contributed by atoms with Crippen LogP contribution in [0.4, 0.5) is 0 Å². The van der Waals surface area contributed by atoms with Gasteiger partial charge in [-0.1, -0.05) is 6.07 Å². The number of aromatic nitrogens is 1. The van der Waals surface area contributed by atoms with Crippen LogP contribution in [-0.2, 0) is 32.7 Å². The average molecular weight is 181 g/mol. The van der Waals surface area contributed by atoms with E-state index in [1.165, 1.54) is 0 Å². The van der Waals surface area contributed by atoms with Gasteiger partial charge in [-0.05, 0) is 0 Å². The molecule has 1 aromatic rings. The second-order valence-corrected chi connectivity index (χ2v) is 1.32. The molecule has 0 aliphatic rings. The first kappa shape index (κ1) is 8.12. The van der Waals surface area contributed by atoms with Crippen molar-refractivity contribution in [1.29, 1.82) is 0 Å². The normalized spacial score (nSPS) is 7.50. The first-order valence-corrected chi connectivity index (χ1v) is 2.12. The standard InChI is InChI=1S/C6H6N.Y/c1-6-4-2-3-5-7-6;/h2-5H,1H2;/q-1;. The summed E-state index contributed by atoms with van der Waals surface area (Å²) in [5.74, 6) is 0. The van der Waals surface area contributed by atoms with E-state index in [1.54, 1.807) is 6.20 Å². The first-order valence-electron chi connectivity index (χ1n) is 2.12. The van der Waals surface area contributed by atoms with E-state index in [1.807, 2.05) is 18.2 Å². The Morgan fingerprint density at radius 3 is 2.38 bits per heavy atom. The van der Waals surface area contributed by atoms with Gasteiger partial charge in [0.2, 0.25) is 0 Å². The molecule has 2 heteroatoms. The van der Waals surface area contributed by atoms with Gasteiger partial charge in [0.25, 0.3) is 0 Å². The van der Waals surface area contributed by atoms with Crippen molar-refractivity contribution in [2.24, 2.45) is 0 Å². The molecule has 1 radical (unpaired) electrons. The van der Waals surface area contributed by atoms with Crippen LogP contribution in [0.1, 0.15) is 5.69 Å². The van der Waals surface area contributed by atoms with Crippen molar-refractivity contribution in [3.8, 4) is 0 Å². The third kappa shape index (κ3) is 2.44. The molecule has 0 aliphatic heterocycles. The van der Waals surface area contributed by atoms with Gasteiger partial charge in [0.1, 0.15) is 0 Å². The first-order chi connectivity index (χ1) is 3.39. The summed E-state index contributed by atoms with van der Waals surface area (Å²) in [4.78, 5) is 3.87. The monoisotopic (exact) mass is 181 g/mol. The Labute approximate surface area is 74.4 Å². The van der Waals surface area contributed by atoms with Gasteiger partial charge in [0.05, 0.1) is 0 Å². The van der Waals surface area contributed by atoms with Crippen LogP contribution >= 0.6 is 0 Å². The second kappa shape index (κ2) is 4.05. The molecule has 1 rings (SSSR count). The molecule has 1 aromatic heterocycles. The molecule has 0 saturated heterocycles. The maximum Gasteiger partial charge on any atom is 0.0222 e. The van der Waals surface area contributed by atoms with Gasteiger partial charge in [-0.15, -0.1) is 11.8 Å². The van der Waals surface area contributed by atoms with E-state index in [2.05, 4.69) is 11.9 Å². The number of pyridine rings is 1. The van der Waals surface area contributed by atoms with Crippen molar-refractivity contribution >= 4 is 0 Å². The maximum atomic E-state index is 3.87. The van der Waals surface area contributed by atoms with Crippen molar-refractivity contribution in [2.75, 3.05) is 0 Å². The molecule has 1 heterocycles. The predicted molar refractivity (Wildman–Crippen MR) is 28.7 cm³/mol. The van der Waals surface area contributed by atoms with Gasteiger partial charge in [-0.3, -0.25) is 4.98 Å². The van der Waals surface area contributed by atoms with E-state index in [4.69, 9.17) is 0 Å². The van der Waals surface area contributed by atoms with Crippen molar-refractivity contribution < 1.29 is 32.7 Å². The van der Waals surface area contributed by atoms with E-state index in [0.717, 1.165) is 5.69 Å². The fourth-order valence-corrected chi connectivity index (χ4v) is 0.398. The maximum absolute atomic E-state index is 3.87. The summed E-state index contributed by atoms with van der Waals surface area (Å²) in [6.07, 6.45) is 1.72. The van der Waals surface area contributed by atoms with Crippen molar-refractivity contribution in [3.05, 3.63) is 37.0 Å². The van der Waals surface area contributed by atoms with Gasteiger partial charge in [-0.2, -0.15) is 6.07 Å². The molecular weight excluding hydrogens is 175 g/mol. The molecule has 1 nitrogen and oxygen atoms in total. The van der Waals surface area contributed by atoms with Crippen molar-refractivity contribution in [2.45, 2.75) is 0 Å². The Hall–Kier alpha value is 0.124. The summed E-state index contributed by atoms with van der Waals surface area (Å²) >= 11 is 0. The molecule has 0 atom stereocenters. The minimum absolute atomic E-state index is 0. The van der Waals surface area contributed by atoms with Crippen LogP contribution in [0.3, 0.4) is 0 Å². The smallest absolute Gasteiger partial charge is 0.0222 e. The molecule has 0 fully saturated rings. The minimum Gasteiger partial charge on any atom is -0.296 e. The molecule has 0 N–H and O–H groups in total. The van der Waals surface area contributed by atoms with Gasteiger partial charge < -0.3 is 0 Å². The summed E-state index contributed by atoms with van der Waals surface area (Å²) in [5.41, 5.74) is 0.822. The molecule has 0 aliphatic carbocycles. The number of nitrogens with zero attached hydrogens (tertiary/aromatic N) is 1. The molecule has 0 spiro atoms. The van der Waals surface area contributed by atoms with E-state index >= 15 is 0 Å². The van der Waals surface area contributed by atoms with Gasteiger partial charge in [0.15, 0.2) is 0 Å². The molecule has 0 amide bonds. The summed E-state index contributed by atoms with van der Waals surface area (Å²) in [6.45, 7) is 3.61. The van der Waals surface area contributed by atoms with Gasteiger partial charge >= 0.3 is 0 Å². The van der Waals surface area contributed by atoms with E-state index in [-0.39, 0.29) is 32.7 Å². The molecule has 0 aromatic carbocycles. The zero-order chi connectivity index (χ0) is 5.11. The van der Waals surface area contributed by atoms with E-state index in [9.17, 15) is 0 Å². The summed E-state index contributed by atoms with van der Waals surface area (Å²) < 4.78 is 0. The molecule has 0 unspecified atom stereocenters. The third-order valence-electron chi connectivity index (χ3n) is 0.726. The zero-order valence-corrected chi connectivity index (χ0v) is 7.38. The molecule has 0 saturated carbocycles. The number of hydrogen-bond acceptors (Lipinski definition) is 1. The van der Waals surface area contributed by atoms with Crippen LogP contribution in [0.15, 0.2) is 24.4 Å². The molecule has 8 heavy (non-hydrogen) atoms. The third-order valence-corrected chi connectivity index (χ3v) is 0.726. The van der Waals surface area contributed by atoms with Crippen LogP contribution in [0, 0.1) is 6.92 Å². The zero-order valence-electron chi connectivity index (χ0n) is 4.54. The summed E-state index contributed by atoms with van der Waals surface area (Å²) in [7, 11) is 0. The molecule has 39 valence electrons. The Morgan fingerprint density at radius 2 is 2.12 bits per heavy atom. The quantitative estimate of drug-likeness (QED) is 0.549. The van der Waals surface area contributed by atoms with Crippen LogP contribution < -0.4 is 0 Å². The van der Waals surface area contributed by atoms with Crippen molar-refractivity contribution in [1.82, 2.24) is 4.98 Å². The van der Waals surface area contributed by atoms with Gasteiger partial charge in [0, 0.05) is 38.9 Å². The van der Waals surface area contributed by atoms with Crippen LogP contribution in [0.25, 0.3) is 0 Å². The summed E-state index contributed by atoms with van der Waals surface area (Å²) in [6, 6.07) is 5.64. The van der Waals surface area contributed by atoms with E-state index in [0.29, 0.717) is 0 Å². The second-order valence-electron chi connectivity index (χ2n) is 1.32. The van der Waals surface area contributed by atoms with Crippen molar-refractivity contribution in [3.63, 3.8) is 0 Å². The predicted octanol–water partition coefficient (Wildman–Crippen LogP) is 1.26. The van der Waals surface area contributed by atoms with Crippen LogP contribution in [0.2, 0.25) is 0 Å². The van der Waals surface area contributed by atoms with E-state index < -0.39 is 0 Å². The number of rotatable bonds is 0. The van der Waals surface area contributed by atoms with Gasteiger partial charge in [-0.25, -0.2) is 6.92 Å². The minimum atomic E-state index is 0. The molecular formula is C6H6NY-. The fourth-order valence-electron chi connectivity index (χ4n) is 0.398. The topological polar surface area (TPSA) is 12.9 Å². The van der Waals surface area contributed by atoms with Crippen LogP contribution in [0.5, 0.6) is 0 Å².